The SMILES string of the molecule is CCc1nn(C(C)C(=O)NCCN2CCN(C)CC2)c(=O)c2cc3occc3n12. The summed E-state index contributed by atoms with van der Waals surface area (Å²) in [5.41, 5.74) is 1.64. The Morgan fingerprint density at radius 2 is 2.03 bits per heavy atom. The quantitative estimate of drug-likeness (QED) is 0.656. The molecular weight excluding hydrogens is 372 g/mol. The van der Waals surface area contributed by atoms with Crippen LogP contribution in [0.15, 0.2) is 27.6 Å². The molecule has 9 nitrogen and oxygen atoms in total. The molecule has 1 unspecified atom stereocenters. The van der Waals surface area contributed by atoms with Gasteiger partial charge in [-0.05, 0) is 14.0 Å². The molecule has 1 atom stereocenters. The number of nitrogens with one attached hydrogen (secondary N) is 1. The Hall–Kier alpha value is -2.65. The Morgan fingerprint density at radius 3 is 2.76 bits per heavy atom. The van der Waals surface area contributed by atoms with Crippen molar-refractivity contribution in [2.24, 2.45) is 0 Å². The molecule has 1 fully saturated rings. The molecule has 9 heteroatoms. The second-order valence-corrected chi connectivity index (χ2v) is 7.67. The zero-order valence-electron chi connectivity index (χ0n) is 17.2. The Bertz CT molecular complexity index is 1070. The van der Waals surface area contributed by atoms with Crippen LogP contribution in [0.1, 0.15) is 25.7 Å². The first kappa shape index (κ1) is 19.7. The standard InChI is InChI=1S/C20H28N6O3/c1-4-18-22-26(20(28)16-13-17-15(25(16)18)5-12-29-17)14(2)19(27)21-6-7-24-10-8-23(3)9-11-24/h5,12-14H,4,6-11H2,1-3H3,(H,21,27). The van der Waals surface area contributed by atoms with Gasteiger partial charge in [-0.25, -0.2) is 4.68 Å². The van der Waals surface area contributed by atoms with E-state index in [0.29, 0.717) is 29.9 Å². The van der Waals surface area contributed by atoms with Crippen LogP contribution in [0.3, 0.4) is 0 Å². The molecule has 1 saturated heterocycles. The third-order valence-corrected chi connectivity index (χ3v) is 5.72. The third kappa shape index (κ3) is 3.67. The second kappa shape index (κ2) is 8.00. The molecule has 1 aliphatic heterocycles. The topological polar surface area (TPSA) is 88.0 Å². The number of fused-ring (bicyclic) bond motifs is 3. The smallest absolute Gasteiger partial charge is 0.291 e. The Kier molecular flexibility index (Phi) is 5.42. The van der Waals surface area contributed by atoms with E-state index in [1.54, 1.807) is 19.3 Å². The molecule has 0 bridgehead atoms. The normalized spacial score (nSPS) is 17.2. The lowest BCUT2D eigenvalue weighted by atomic mass is 10.3. The number of furan rings is 1. The maximum atomic E-state index is 13.0. The summed E-state index contributed by atoms with van der Waals surface area (Å²) in [6.45, 7) is 9.16. The number of likely N-dealkylation sites (N-methyl/N-ethyl adjacent to an activating group) is 1. The van der Waals surface area contributed by atoms with Crippen molar-refractivity contribution in [1.82, 2.24) is 29.3 Å². The van der Waals surface area contributed by atoms with Gasteiger partial charge in [-0.3, -0.25) is 18.9 Å². The minimum Gasteiger partial charge on any atom is -0.463 e. The fourth-order valence-corrected chi connectivity index (χ4v) is 3.85. The van der Waals surface area contributed by atoms with Gasteiger partial charge in [0.15, 0.2) is 5.58 Å². The molecule has 4 heterocycles. The van der Waals surface area contributed by atoms with Gasteiger partial charge in [0.2, 0.25) is 5.91 Å². The highest BCUT2D eigenvalue weighted by molar-refractivity contribution is 5.83. The van der Waals surface area contributed by atoms with E-state index < -0.39 is 6.04 Å². The van der Waals surface area contributed by atoms with Gasteiger partial charge in [0.1, 0.15) is 17.4 Å². The Balaban J connectivity index is 1.50. The summed E-state index contributed by atoms with van der Waals surface area (Å²) in [6.07, 6.45) is 2.22. The highest BCUT2D eigenvalue weighted by Crippen LogP contribution is 2.21. The van der Waals surface area contributed by atoms with E-state index in [9.17, 15) is 9.59 Å². The number of amides is 1. The van der Waals surface area contributed by atoms with Crippen molar-refractivity contribution >= 4 is 22.5 Å². The maximum Gasteiger partial charge on any atom is 0.291 e. The van der Waals surface area contributed by atoms with Gasteiger partial charge in [-0.2, -0.15) is 5.10 Å². The number of piperazine rings is 1. The van der Waals surface area contributed by atoms with Crippen LogP contribution in [-0.2, 0) is 11.2 Å². The highest BCUT2D eigenvalue weighted by atomic mass is 16.3. The first-order valence-corrected chi connectivity index (χ1v) is 10.2. The average Bonchev–Trinajstić information content (AvgIpc) is 3.31. The van der Waals surface area contributed by atoms with Crippen LogP contribution in [-0.4, -0.2) is 76.2 Å². The van der Waals surface area contributed by atoms with Crippen LogP contribution in [0.25, 0.3) is 16.6 Å². The molecule has 4 rings (SSSR count). The number of nitrogens with zero attached hydrogens (tertiary/aromatic N) is 5. The number of carbonyl (C=O) groups excluding carboxylic acids is 1. The number of aryl methyl sites for hydroxylation is 1. The molecule has 1 N–H and O–H groups in total. The predicted octanol–water partition coefficient (Wildman–Crippen LogP) is 0.729. The monoisotopic (exact) mass is 400 g/mol. The zero-order chi connectivity index (χ0) is 20.5. The fourth-order valence-electron chi connectivity index (χ4n) is 3.85. The van der Waals surface area contributed by atoms with E-state index in [0.717, 1.165) is 38.2 Å². The van der Waals surface area contributed by atoms with Crippen LogP contribution in [0.5, 0.6) is 0 Å². The van der Waals surface area contributed by atoms with Crippen LogP contribution in [0.4, 0.5) is 0 Å². The van der Waals surface area contributed by atoms with Gasteiger partial charge >= 0.3 is 0 Å². The molecule has 156 valence electrons. The van der Waals surface area contributed by atoms with Crippen LogP contribution < -0.4 is 10.9 Å². The summed E-state index contributed by atoms with van der Waals surface area (Å²) in [6, 6.07) is 2.85. The number of rotatable bonds is 6. The van der Waals surface area contributed by atoms with Gasteiger partial charge < -0.3 is 14.6 Å². The lowest BCUT2D eigenvalue weighted by Crippen LogP contribution is -2.47. The maximum absolute atomic E-state index is 13.0. The highest BCUT2D eigenvalue weighted by Gasteiger charge is 2.22. The van der Waals surface area contributed by atoms with Gasteiger partial charge in [0.25, 0.3) is 5.56 Å². The Morgan fingerprint density at radius 1 is 1.28 bits per heavy atom. The molecule has 3 aromatic heterocycles. The molecule has 1 aliphatic rings. The van der Waals surface area contributed by atoms with Crippen molar-refractivity contribution in [2.45, 2.75) is 26.3 Å². The summed E-state index contributed by atoms with van der Waals surface area (Å²) in [7, 11) is 2.12. The summed E-state index contributed by atoms with van der Waals surface area (Å²) in [5.74, 6) is 0.517. The molecule has 0 aliphatic carbocycles. The predicted molar refractivity (Wildman–Crippen MR) is 110 cm³/mol. The van der Waals surface area contributed by atoms with Crippen molar-refractivity contribution in [3.63, 3.8) is 0 Å². The number of hydrogen-bond donors (Lipinski definition) is 1. The van der Waals surface area contributed by atoms with Crippen molar-refractivity contribution in [3.05, 3.63) is 34.6 Å². The van der Waals surface area contributed by atoms with E-state index in [4.69, 9.17) is 4.42 Å². The lowest BCUT2D eigenvalue weighted by molar-refractivity contribution is -0.124. The van der Waals surface area contributed by atoms with Crippen molar-refractivity contribution < 1.29 is 9.21 Å². The van der Waals surface area contributed by atoms with Crippen LogP contribution >= 0.6 is 0 Å². The van der Waals surface area contributed by atoms with E-state index in [1.165, 1.54) is 4.68 Å². The van der Waals surface area contributed by atoms with Crippen molar-refractivity contribution in [2.75, 3.05) is 46.3 Å². The summed E-state index contributed by atoms with van der Waals surface area (Å²) in [5, 5.41) is 7.45. The second-order valence-electron chi connectivity index (χ2n) is 7.67. The molecule has 3 aromatic rings. The fraction of sp³-hybridized carbons (Fsp3) is 0.550. The molecule has 1 amide bonds. The zero-order valence-corrected chi connectivity index (χ0v) is 17.2. The minimum absolute atomic E-state index is 0.199. The lowest BCUT2D eigenvalue weighted by Gasteiger charge is -2.32. The third-order valence-electron chi connectivity index (χ3n) is 5.72. The van der Waals surface area contributed by atoms with E-state index >= 15 is 0 Å². The van der Waals surface area contributed by atoms with Crippen molar-refractivity contribution in [1.29, 1.82) is 0 Å². The average molecular weight is 400 g/mol. The number of hydrogen-bond acceptors (Lipinski definition) is 6. The number of aromatic nitrogens is 3. The van der Waals surface area contributed by atoms with E-state index in [-0.39, 0.29) is 11.5 Å². The van der Waals surface area contributed by atoms with Gasteiger partial charge in [0.05, 0.1) is 11.8 Å². The molecule has 0 spiro atoms. The van der Waals surface area contributed by atoms with Crippen LogP contribution in [0, 0.1) is 0 Å². The van der Waals surface area contributed by atoms with E-state index in [2.05, 4.69) is 27.3 Å². The van der Waals surface area contributed by atoms with Gasteiger partial charge in [-0.1, -0.05) is 6.92 Å². The van der Waals surface area contributed by atoms with Gasteiger partial charge in [0, 0.05) is 57.8 Å². The van der Waals surface area contributed by atoms with Gasteiger partial charge in [-0.15, -0.1) is 0 Å². The summed E-state index contributed by atoms with van der Waals surface area (Å²) < 4.78 is 8.54. The van der Waals surface area contributed by atoms with Crippen molar-refractivity contribution in [3.8, 4) is 0 Å². The summed E-state index contributed by atoms with van der Waals surface area (Å²) >= 11 is 0. The first-order chi connectivity index (χ1) is 14.0. The summed E-state index contributed by atoms with van der Waals surface area (Å²) in [4.78, 5) is 30.3. The van der Waals surface area contributed by atoms with Crippen LogP contribution in [0.2, 0.25) is 0 Å². The molecule has 29 heavy (non-hydrogen) atoms. The minimum atomic E-state index is -0.688. The molecule has 0 radical (unpaired) electrons. The number of carbonyl (C=O) groups is 1. The molecule has 0 aromatic carbocycles. The van der Waals surface area contributed by atoms with E-state index in [1.807, 2.05) is 17.4 Å². The molecular formula is C20H28N6O3. The largest absolute Gasteiger partial charge is 0.463 e. The Labute approximate surface area is 168 Å². The molecule has 0 saturated carbocycles. The first-order valence-electron chi connectivity index (χ1n) is 10.2.